The number of carbonyl (C=O) groups is 1. The van der Waals surface area contributed by atoms with Crippen molar-refractivity contribution in [3.8, 4) is 17.7 Å². The number of halogens is 1. The zero-order valence-electron chi connectivity index (χ0n) is 16.5. The number of allylic oxidation sites excluding steroid dienone is 1. The van der Waals surface area contributed by atoms with Gasteiger partial charge in [0.15, 0.2) is 6.61 Å². The number of carbonyl (C=O) groups excluding carboxylic acids is 1. The first-order valence-corrected chi connectivity index (χ1v) is 9.37. The molecular formula is C22H18FN5O3. The van der Waals surface area contributed by atoms with Gasteiger partial charge in [-0.15, -0.1) is 5.10 Å². The first kappa shape index (κ1) is 20.0. The van der Waals surface area contributed by atoms with E-state index in [4.69, 9.17) is 15.2 Å². The number of benzene rings is 2. The van der Waals surface area contributed by atoms with Crippen molar-refractivity contribution in [2.45, 2.75) is 12.8 Å². The fourth-order valence-electron chi connectivity index (χ4n) is 3.40. The molecular weight excluding hydrogens is 401 g/mol. The third-order valence-electron chi connectivity index (χ3n) is 4.82. The molecule has 1 aromatic heterocycles. The second-order valence-electron chi connectivity index (χ2n) is 6.91. The Hall–Kier alpha value is -4.32. The largest absolute Gasteiger partial charge is 0.484 e. The fraction of sp³-hybridized carbons (Fsp3) is 0.136. The van der Waals surface area contributed by atoms with Crippen LogP contribution < -0.4 is 20.5 Å². The molecule has 0 saturated heterocycles. The van der Waals surface area contributed by atoms with Crippen molar-refractivity contribution in [2.75, 3.05) is 11.9 Å². The highest BCUT2D eigenvalue weighted by Gasteiger charge is 2.34. The number of anilines is 1. The third kappa shape index (κ3) is 4.04. The second kappa shape index (κ2) is 8.20. The SMILES string of the molecule is Cc1[nH]nc2c1C(c1cccc(OCC(=O)Nc3ccc(F)cc3)c1)C(C#N)=C(N)O2. The smallest absolute Gasteiger partial charge is 0.262 e. The second-order valence-corrected chi connectivity index (χ2v) is 6.91. The molecule has 1 amide bonds. The number of nitriles is 1. The van der Waals surface area contributed by atoms with Crippen molar-refractivity contribution >= 4 is 11.6 Å². The number of nitrogens with one attached hydrogen (secondary N) is 2. The number of aromatic amines is 1. The Bertz CT molecular complexity index is 1210. The Morgan fingerprint density at radius 2 is 2.13 bits per heavy atom. The number of ether oxygens (including phenoxy) is 2. The third-order valence-corrected chi connectivity index (χ3v) is 4.82. The summed E-state index contributed by atoms with van der Waals surface area (Å²) < 4.78 is 24.1. The molecule has 4 N–H and O–H groups in total. The van der Waals surface area contributed by atoms with Crippen LogP contribution in [0.15, 0.2) is 60.0 Å². The van der Waals surface area contributed by atoms with E-state index in [9.17, 15) is 14.4 Å². The first-order valence-electron chi connectivity index (χ1n) is 9.37. The van der Waals surface area contributed by atoms with E-state index in [0.29, 0.717) is 17.3 Å². The van der Waals surface area contributed by atoms with Crippen molar-refractivity contribution < 1.29 is 18.7 Å². The number of amides is 1. The molecule has 1 aliphatic heterocycles. The van der Waals surface area contributed by atoms with Crippen LogP contribution in [0.2, 0.25) is 0 Å². The van der Waals surface area contributed by atoms with Crippen LogP contribution >= 0.6 is 0 Å². The number of fused-ring (bicyclic) bond motifs is 1. The molecule has 1 aliphatic rings. The monoisotopic (exact) mass is 419 g/mol. The molecule has 0 bridgehead atoms. The number of rotatable bonds is 5. The highest BCUT2D eigenvalue weighted by molar-refractivity contribution is 5.91. The topological polar surface area (TPSA) is 126 Å². The number of aryl methyl sites for hydroxylation is 1. The zero-order chi connectivity index (χ0) is 22.0. The van der Waals surface area contributed by atoms with Gasteiger partial charge >= 0.3 is 0 Å². The Balaban J connectivity index is 1.53. The molecule has 0 fully saturated rings. The van der Waals surface area contributed by atoms with Crippen LogP contribution in [0.3, 0.4) is 0 Å². The summed E-state index contributed by atoms with van der Waals surface area (Å²) in [4.78, 5) is 12.1. The lowest BCUT2D eigenvalue weighted by Gasteiger charge is -2.24. The average molecular weight is 419 g/mol. The number of hydrogen-bond acceptors (Lipinski definition) is 6. The molecule has 156 valence electrons. The van der Waals surface area contributed by atoms with Crippen molar-refractivity contribution in [1.29, 1.82) is 5.26 Å². The molecule has 2 heterocycles. The molecule has 2 aromatic carbocycles. The number of aromatic nitrogens is 2. The molecule has 31 heavy (non-hydrogen) atoms. The van der Waals surface area contributed by atoms with E-state index < -0.39 is 11.8 Å². The standard InChI is InChI=1S/C22H18FN5O3/c1-12-19-20(17(10-24)21(25)31-22(19)28-27-12)13-3-2-4-16(9-13)30-11-18(29)26-15-7-5-14(23)6-8-15/h2-9,20H,11,25H2,1H3,(H,26,29)(H,27,28). The Kier molecular flexibility index (Phi) is 5.28. The Morgan fingerprint density at radius 1 is 1.35 bits per heavy atom. The van der Waals surface area contributed by atoms with Gasteiger partial charge in [0.05, 0.1) is 5.92 Å². The minimum atomic E-state index is -0.482. The number of hydrogen-bond donors (Lipinski definition) is 3. The van der Waals surface area contributed by atoms with E-state index in [1.165, 1.54) is 24.3 Å². The van der Waals surface area contributed by atoms with Gasteiger partial charge in [0.2, 0.25) is 11.8 Å². The quantitative estimate of drug-likeness (QED) is 0.583. The molecule has 1 unspecified atom stereocenters. The molecule has 4 rings (SSSR count). The molecule has 1 atom stereocenters. The van der Waals surface area contributed by atoms with Crippen LogP contribution in [0.1, 0.15) is 22.7 Å². The normalized spacial score (nSPS) is 14.9. The van der Waals surface area contributed by atoms with Gasteiger partial charge in [0.1, 0.15) is 23.2 Å². The van der Waals surface area contributed by atoms with Gasteiger partial charge in [0, 0.05) is 16.9 Å². The average Bonchev–Trinajstić information content (AvgIpc) is 3.13. The number of H-pyrrole nitrogens is 1. The lowest BCUT2D eigenvalue weighted by Crippen LogP contribution is -2.21. The van der Waals surface area contributed by atoms with Gasteiger partial charge in [-0.2, -0.15) is 5.26 Å². The van der Waals surface area contributed by atoms with Crippen LogP contribution in [0.5, 0.6) is 11.6 Å². The highest BCUT2D eigenvalue weighted by atomic mass is 19.1. The van der Waals surface area contributed by atoms with E-state index in [1.54, 1.807) is 18.2 Å². The number of nitrogens with zero attached hydrogens (tertiary/aromatic N) is 2. The summed E-state index contributed by atoms with van der Waals surface area (Å²) in [7, 11) is 0. The first-order chi connectivity index (χ1) is 15.0. The molecule has 0 spiro atoms. The van der Waals surface area contributed by atoms with E-state index in [0.717, 1.165) is 16.8 Å². The van der Waals surface area contributed by atoms with E-state index in [1.807, 2.05) is 13.0 Å². The maximum atomic E-state index is 13.0. The van der Waals surface area contributed by atoms with Crippen LogP contribution in [0.4, 0.5) is 10.1 Å². The van der Waals surface area contributed by atoms with Crippen LogP contribution in [-0.2, 0) is 4.79 Å². The molecule has 0 aliphatic carbocycles. The fourth-order valence-corrected chi connectivity index (χ4v) is 3.40. The van der Waals surface area contributed by atoms with Gasteiger partial charge in [-0.3, -0.25) is 9.89 Å². The molecule has 0 saturated carbocycles. The van der Waals surface area contributed by atoms with Gasteiger partial charge < -0.3 is 20.5 Å². The van der Waals surface area contributed by atoms with Crippen molar-refractivity contribution in [3.63, 3.8) is 0 Å². The summed E-state index contributed by atoms with van der Waals surface area (Å²) in [5, 5.41) is 19.2. The molecule has 8 nitrogen and oxygen atoms in total. The Morgan fingerprint density at radius 3 is 2.87 bits per heavy atom. The molecule has 3 aromatic rings. The number of nitrogens with two attached hydrogens (primary N) is 1. The summed E-state index contributed by atoms with van der Waals surface area (Å²) in [6, 6.07) is 14.6. The van der Waals surface area contributed by atoms with Crippen LogP contribution in [0, 0.1) is 24.1 Å². The van der Waals surface area contributed by atoms with Gasteiger partial charge in [0.25, 0.3) is 5.91 Å². The predicted octanol–water partition coefficient (Wildman–Crippen LogP) is 3.09. The van der Waals surface area contributed by atoms with Crippen LogP contribution in [0.25, 0.3) is 0 Å². The molecule has 0 radical (unpaired) electrons. The summed E-state index contributed by atoms with van der Waals surface area (Å²) in [5.74, 6) is -0.499. The van der Waals surface area contributed by atoms with E-state index in [2.05, 4.69) is 21.6 Å². The minimum absolute atomic E-state index is 0.00324. The maximum absolute atomic E-state index is 13.0. The van der Waals surface area contributed by atoms with Gasteiger partial charge in [-0.05, 0) is 48.9 Å². The van der Waals surface area contributed by atoms with Gasteiger partial charge in [-0.25, -0.2) is 4.39 Å². The summed E-state index contributed by atoms with van der Waals surface area (Å²) >= 11 is 0. The zero-order valence-corrected chi connectivity index (χ0v) is 16.5. The summed E-state index contributed by atoms with van der Waals surface area (Å²) in [6.07, 6.45) is 0. The predicted molar refractivity (Wildman–Crippen MR) is 110 cm³/mol. The Labute approximate surface area is 177 Å². The van der Waals surface area contributed by atoms with Crippen molar-refractivity contribution in [1.82, 2.24) is 10.2 Å². The summed E-state index contributed by atoms with van der Waals surface area (Å²) in [5.41, 5.74) is 8.88. The highest BCUT2D eigenvalue weighted by Crippen LogP contribution is 2.43. The minimum Gasteiger partial charge on any atom is -0.484 e. The lowest BCUT2D eigenvalue weighted by molar-refractivity contribution is -0.118. The van der Waals surface area contributed by atoms with E-state index in [-0.39, 0.29) is 23.9 Å². The van der Waals surface area contributed by atoms with Crippen LogP contribution in [-0.4, -0.2) is 22.7 Å². The van der Waals surface area contributed by atoms with Crippen molar-refractivity contribution in [3.05, 3.63) is 82.6 Å². The maximum Gasteiger partial charge on any atom is 0.262 e. The summed E-state index contributed by atoms with van der Waals surface area (Å²) in [6.45, 7) is 1.59. The van der Waals surface area contributed by atoms with Gasteiger partial charge in [-0.1, -0.05) is 12.1 Å². The van der Waals surface area contributed by atoms with E-state index >= 15 is 0 Å². The van der Waals surface area contributed by atoms with Crippen molar-refractivity contribution in [2.24, 2.45) is 5.73 Å². The molecule has 9 heteroatoms. The lowest BCUT2D eigenvalue weighted by atomic mass is 9.84.